The molecular formula is C17H33N5O5S. The van der Waals surface area contributed by atoms with Crippen LogP contribution in [0, 0.1) is 5.92 Å². The third kappa shape index (κ3) is 6.66. The van der Waals surface area contributed by atoms with Gasteiger partial charge in [-0.3, -0.25) is 15.0 Å². The molecule has 2 heterocycles. The van der Waals surface area contributed by atoms with Gasteiger partial charge in [0.2, 0.25) is 5.91 Å². The van der Waals surface area contributed by atoms with E-state index in [0.717, 1.165) is 0 Å². The minimum Gasteiger partial charge on any atom is -0.373 e. The van der Waals surface area contributed by atoms with Crippen LogP contribution in [-0.2, 0) is 19.7 Å². The highest BCUT2D eigenvalue weighted by atomic mass is 32.2. The van der Waals surface area contributed by atoms with Crippen LogP contribution in [0.2, 0.25) is 0 Å². The van der Waals surface area contributed by atoms with Crippen molar-refractivity contribution >= 4 is 22.1 Å². The van der Waals surface area contributed by atoms with Gasteiger partial charge in [-0.15, -0.1) is 0 Å². The third-order valence-corrected chi connectivity index (χ3v) is 6.63. The van der Waals surface area contributed by atoms with Crippen LogP contribution >= 0.6 is 0 Å². The average molecular weight is 420 g/mol. The Morgan fingerprint density at radius 2 is 1.61 bits per heavy atom. The molecule has 2 N–H and O–H groups in total. The molecule has 0 aromatic carbocycles. The monoisotopic (exact) mass is 419 g/mol. The van der Waals surface area contributed by atoms with Crippen molar-refractivity contribution in [1.82, 2.24) is 24.1 Å². The number of ether oxygens (including phenoxy) is 1. The molecule has 0 saturated carbocycles. The maximum absolute atomic E-state index is 12.9. The molecule has 0 unspecified atom stereocenters. The second-order valence-corrected chi connectivity index (χ2v) is 9.84. The van der Waals surface area contributed by atoms with Gasteiger partial charge in [0.1, 0.15) is 0 Å². The van der Waals surface area contributed by atoms with Crippen LogP contribution in [0.15, 0.2) is 0 Å². The molecule has 10 nitrogen and oxygen atoms in total. The van der Waals surface area contributed by atoms with Crippen LogP contribution in [0.3, 0.4) is 0 Å². The number of carbonyl (C=O) groups excluding carboxylic acids is 2. The lowest BCUT2D eigenvalue weighted by Gasteiger charge is -2.40. The van der Waals surface area contributed by atoms with Crippen molar-refractivity contribution in [1.29, 1.82) is 0 Å². The van der Waals surface area contributed by atoms with E-state index in [1.807, 2.05) is 32.6 Å². The van der Waals surface area contributed by atoms with E-state index in [2.05, 4.69) is 10.6 Å². The quantitative estimate of drug-likeness (QED) is 0.597. The van der Waals surface area contributed by atoms with Crippen LogP contribution in [0.4, 0.5) is 4.79 Å². The fourth-order valence-corrected chi connectivity index (χ4v) is 5.06. The second-order valence-electron chi connectivity index (χ2n) is 7.91. The smallest absolute Gasteiger partial charge is 0.321 e. The highest BCUT2D eigenvalue weighted by Gasteiger charge is 2.36. The van der Waals surface area contributed by atoms with Gasteiger partial charge in [0.15, 0.2) is 0 Å². The van der Waals surface area contributed by atoms with Crippen molar-refractivity contribution in [3.8, 4) is 0 Å². The number of nitrogens with one attached hydrogen (secondary N) is 2. The van der Waals surface area contributed by atoms with Crippen LogP contribution < -0.4 is 10.6 Å². The lowest BCUT2D eigenvalue weighted by Crippen LogP contribution is -2.58. The third-order valence-electron chi connectivity index (χ3n) is 4.66. The molecule has 28 heavy (non-hydrogen) atoms. The number of urea groups is 1. The lowest BCUT2D eigenvalue weighted by molar-refractivity contribution is -0.121. The predicted octanol–water partition coefficient (Wildman–Crippen LogP) is -0.560. The molecule has 0 bridgehead atoms. The zero-order chi connectivity index (χ0) is 20.9. The zero-order valence-electron chi connectivity index (χ0n) is 17.2. The molecule has 2 aliphatic heterocycles. The van der Waals surface area contributed by atoms with Gasteiger partial charge in [-0.05, 0) is 19.8 Å². The fraction of sp³-hybridized carbons (Fsp3) is 0.882. The first-order valence-electron chi connectivity index (χ1n) is 9.78. The molecule has 0 aliphatic carbocycles. The van der Waals surface area contributed by atoms with Gasteiger partial charge in [-0.25, -0.2) is 4.79 Å². The first-order chi connectivity index (χ1) is 13.1. The number of rotatable bonds is 6. The maximum Gasteiger partial charge on any atom is 0.321 e. The molecule has 11 heteroatoms. The largest absolute Gasteiger partial charge is 0.373 e. The molecule has 2 aliphatic rings. The Labute approximate surface area is 167 Å². The van der Waals surface area contributed by atoms with Gasteiger partial charge in [0, 0.05) is 45.8 Å². The summed E-state index contributed by atoms with van der Waals surface area (Å²) >= 11 is 0. The first kappa shape index (κ1) is 23.0. The number of nitrogens with zero attached hydrogens (tertiary/aromatic N) is 3. The predicted molar refractivity (Wildman–Crippen MR) is 105 cm³/mol. The first-order valence-corrected chi connectivity index (χ1v) is 11.2. The Bertz CT molecular complexity index is 638. The van der Waals surface area contributed by atoms with Gasteiger partial charge in [-0.1, -0.05) is 13.8 Å². The van der Waals surface area contributed by atoms with Gasteiger partial charge >= 0.3 is 6.03 Å². The lowest BCUT2D eigenvalue weighted by atomic mass is 10.2. The van der Waals surface area contributed by atoms with Crippen LogP contribution in [0.1, 0.15) is 27.7 Å². The number of carbonyl (C=O) groups is 2. The summed E-state index contributed by atoms with van der Waals surface area (Å²) in [5, 5.41) is 4.93. The van der Waals surface area contributed by atoms with Crippen LogP contribution in [0.25, 0.3) is 0 Å². The van der Waals surface area contributed by atoms with Gasteiger partial charge in [0.05, 0.1) is 18.8 Å². The van der Waals surface area contributed by atoms with Crippen molar-refractivity contribution in [2.75, 3.05) is 52.4 Å². The van der Waals surface area contributed by atoms with Crippen molar-refractivity contribution in [2.45, 2.75) is 39.9 Å². The van der Waals surface area contributed by atoms with Crippen molar-refractivity contribution in [3.63, 3.8) is 0 Å². The minimum absolute atomic E-state index is 0.0641. The number of hydrogen-bond acceptors (Lipinski definition) is 6. The van der Waals surface area contributed by atoms with E-state index in [0.29, 0.717) is 51.7 Å². The van der Waals surface area contributed by atoms with Crippen molar-refractivity contribution in [2.24, 2.45) is 5.92 Å². The van der Waals surface area contributed by atoms with Gasteiger partial charge < -0.3 is 10.1 Å². The Kier molecular flexibility index (Phi) is 8.19. The molecule has 2 rings (SSSR count). The number of piperazine rings is 1. The molecule has 3 amide bonds. The summed E-state index contributed by atoms with van der Waals surface area (Å²) in [7, 11) is -3.54. The Balaban J connectivity index is 1.79. The average Bonchev–Trinajstić information content (AvgIpc) is 2.59. The molecule has 162 valence electrons. The number of hydrogen-bond donors (Lipinski definition) is 2. The maximum atomic E-state index is 12.9. The van der Waals surface area contributed by atoms with E-state index in [1.54, 1.807) is 0 Å². The fourth-order valence-electron chi connectivity index (χ4n) is 3.31. The molecule has 2 atom stereocenters. The summed E-state index contributed by atoms with van der Waals surface area (Å²) in [4.78, 5) is 25.5. The molecule has 2 saturated heterocycles. The second kappa shape index (κ2) is 9.97. The molecule has 0 radical (unpaired) electrons. The SMILES string of the molecule is CC(C)CNC(=O)NC(=O)CN1CCN(S(=O)(=O)N2C[C@@H](C)O[C@@H](C)C2)CC1. The van der Waals surface area contributed by atoms with Gasteiger partial charge in [0.25, 0.3) is 10.2 Å². The normalized spacial score (nSPS) is 25.6. The van der Waals surface area contributed by atoms with Crippen LogP contribution in [-0.4, -0.2) is 98.4 Å². The molecular weight excluding hydrogens is 386 g/mol. The highest BCUT2D eigenvalue weighted by molar-refractivity contribution is 7.86. The summed E-state index contributed by atoms with van der Waals surface area (Å²) < 4.78 is 34.3. The minimum atomic E-state index is -3.54. The van der Waals surface area contributed by atoms with Crippen molar-refractivity contribution < 1.29 is 22.7 Å². The van der Waals surface area contributed by atoms with E-state index in [9.17, 15) is 18.0 Å². The van der Waals surface area contributed by atoms with E-state index in [-0.39, 0.29) is 18.8 Å². The number of imide groups is 1. The zero-order valence-corrected chi connectivity index (χ0v) is 18.0. The topological polar surface area (TPSA) is 111 Å². The summed E-state index contributed by atoms with van der Waals surface area (Å²) in [6.45, 7) is 10.4. The van der Waals surface area contributed by atoms with Crippen molar-refractivity contribution in [3.05, 3.63) is 0 Å². The van der Waals surface area contributed by atoms with E-state index in [4.69, 9.17) is 4.74 Å². The van der Waals surface area contributed by atoms with E-state index in [1.165, 1.54) is 8.61 Å². The highest BCUT2D eigenvalue weighted by Crippen LogP contribution is 2.18. The summed E-state index contributed by atoms with van der Waals surface area (Å²) in [5.74, 6) is -0.0956. The standard InChI is InChI=1S/C17H33N5O5S/c1-13(2)9-18-17(24)19-16(23)12-20-5-7-21(8-6-20)28(25,26)22-10-14(3)27-15(4)11-22/h13-15H,5-12H2,1-4H3,(H2,18,19,23,24)/t14-,15+. The summed E-state index contributed by atoms with van der Waals surface area (Å²) in [6.07, 6.45) is -0.268. The summed E-state index contributed by atoms with van der Waals surface area (Å²) in [5.41, 5.74) is 0. The van der Waals surface area contributed by atoms with Crippen LogP contribution in [0.5, 0.6) is 0 Å². The Morgan fingerprint density at radius 3 is 2.14 bits per heavy atom. The Morgan fingerprint density at radius 1 is 1.04 bits per heavy atom. The number of morpholine rings is 1. The molecule has 0 aromatic heterocycles. The van der Waals surface area contributed by atoms with E-state index >= 15 is 0 Å². The van der Waals surface area contributed by atoms with E-state index < -0.39 is 22.1 Å². The van der Waals surface area contributed by atoms with Gasteiger partial charge in [-0.2, -0.15) is 17.0 Å². The molecule has 2 fully saturated rings. The molecule has 0 aromatic rings. The summed E-state index contributed by atoms with van der Waals surface area (Å²) in [6, 6.07) is -0.504. The molecule has 0 spiro atoms. The Hall–Kier alpha value is -1.27. The number of amides is 3.